The third kappa shape index (κ3) is 4.08. The molecule has 1 amide bonds. The lowest BCUT2D eigenvalue weighted by atomic mass is 10.3. The van der Waals surface area contributed by atoms with E-state index in [0.717, 1.165) is 4.31 Å². The van der Waals surface area contributed by atoms with E-state index in [9.17, 15) is 18.0 Å². The summed E-state index contributed by atoms with van der Waals surface area (Å²) < 4.78 is 30.9. The molecule has 0 spiro atoms. The summed E-state index contributed by atoms with van der Waals surface area (Å²) in [4.78, 5) is 24.6. The monoisotopic (exact) mass is 450 g/mol. The minimum absolute atomic E-state index is 0.0245. The van der Waals surface area contributed by atoms with Gasteiger partial charge in [-0.05, 0) is 56.3 Å². The lowest BCUT2D eigenvalue weighted by Crippen LogP contribution is -2.42. The molecule has 0 fully saturated rings. The van der Waals surface area contributed by atoms with Crippen molar-refractivity contribution in [3.8, 4) is 0 Å². The number of amides is 1. The number of benzene rings is 2. The molecule has 0 unspecified atom stereocenters. The number of sulfonamides is 1. The summed E-state index contributed by atoms with van der Waals surface area (Å²) in [6.07, 6.45) is 0. The highest BCUT2D eigenvalue weighted by atomic mass is 35.5. The second-order valence-corrected chi connectivity index (χ2v) is 9.56. The fraction of sp³-hybridized carbons (Fsp3) is 0.300. The number of carbonyl (C=O) groups excluding carboxylic acids is 1. The van der Waals surface area contributed by atoms with Gasteiger partial charge in [0.05, 0.1) is 21.6 Å². The van der Waals surface area contributed by atoms with Crippen LogP contribution in [0.4, 0.5) is 5.69 Å². The molecule has 1 N–H and O–H groups in total. The Morgan fingerprint density at radius 3 is 2.27 bits per heavy atom. The number of anilines is 1. The van der Waals surface area contributed by atoms with Crippen LogP contribution in [0.1, 0.15) is 13.8 Å². The van der Waals surface area contributed by atoms with Crippen LogP contribution in [-0.4, -0.2) is 36.0 Å². The molecule has 0 atom stereocenters. The Bertz CT molecular complexity index is 1260. The number of hydrogen-bond donors (Lipinski definition) is 1. The van der Waals surface area contributed by atoms with E-state index in [0.29, 0.717) is 21.7 Å². The molecule has 2 aromatic carbocycles. The van der Waals surface area contributed by atoms with E-state index in [-0.39, 0.29) is 16.6 Å². The molecule has 0 saturated heterocycles. The third-order valence-electron chi connectivity index (χ3n) is 4.68. The molecule has 1 heterocycles. The summed E-state index contributed by atoms with van der Waals surface area (Å²) in [5.74, 6) is -0.434. The van der Waals surface area contributed by atoms with Crippen LogP contribution in [0.25, 0.3) is 11.0 Å². The number of nitrogens with one attached hydrogen (secondary N) is 1. The van der Waals surface area contributed by atoms with Gasteiger partial charge in [0, 0.05) is 25.2 Å². The Hall–Kier alpha value is -2.78. The van der Waals surface area contributed by atoms with E-state index >= 15 is 0 Å². The van der Waals surface area contributed by atoms with Crippen molar-refractivity contribution < 1.29 is 13.2 Å². The van der Waals surface area contributed by atoms with Crippen molar-refractivity contribution in [1.82, 2.24) is 14.5 Å². The Kier molecular flexibility index (Phi) is 5.96. The molecule has 3 rings (SSSR count). The number of imidazole rings is 1. The summed E-state index contributed by atoms with van der Waals surface area (Å²) >= 11 is 5.94. The fourth-order valence-corrected chi connectivity index (χ4v) is 4.76. The maximum atomic E-state index is 13.5. The first kappa shape index (κ1) is 21.9. The van der Waals surface area contributed by atoms with E-state index in [1.165, 1.54) is 21.3 Å². The van der Waals surface area contributed by atoms with E-state index in [2.05, 4.69) is 5.32 Å². The predicted octanol–water partition coefficient (Wildman–Crippen LogP) is 2.25. The van der Waals surface area contributed by atoms with Crippen LogP contribution in [0, 0.1) is 0 Å². The maximum absolute atomic E-state index is 13.5. The fourth-order valence-electron chi connectivity index (χ4n) is 3.19. The number of nitrogens with zero attached hydrogens (tertiary/aromatic N) is 3. The summed E-state index contributed by atoms with van der Waals surface area (Å²) in [6.45, 7) is 3.19. The van der Waals surface area contributed by atoms with Crippen LogP contribution >= 0.6 is 11.6 Å². The van der Waals surface area contributed by atoms with Gasteiger partial charge in [0.1, 0.15) is 6.54 Å². The number of hydrogen-bond acceptors (Lipinski definition) is 4. The molecular weight excluding hydrogens is 428 g/mol. The summed E-state index contributed by atoms with van der Waals surface area (Å²) in [5.41, 5.74) is 1.13. The Morgan fingerprint density at radius 1 is 1.07 bits per heavy atom. The molecule has 8 nitrogen and oxygen atoms in total. The van der Waals surface area contributed by atoms with Crippen LogP contribution in [0.15, 0.2) is 52.2 Å². The first-order chi connectivity index (χ1) is 14.0. The number of fused-ring (bicyclic) bond motifs is 1. The van der Waals surface area contributed by atoms with Gasteiger partial charge in [-0.25, -0.2) is 13.2 Å². The molecule has 0 aliphatic carbocycles. The molecule has 0 bridgehead atoms. The zero-order chi connectivity index (χ0) is 22.2. The molecule has 0 aliphatic rings. The molecule has 10 heteroatoms. The van der Waals surface area contributed by atoms with Crippen molar-refractivity contribution in [3.63, 3.8) is 0 Å². The largest absolute Gasteiger partial charge is 0.352 e. The lowest BCUT2D eigenvalue weighted by molar-refractivity contribution is -0.120. The molecule has 0 saturated carbocycles. The molecule has 3 aromatic rings. The standard InChI is InChI=1S/C20H23ClN4O4S/c1-13(2)22-19(26)12-25(15-7-5-14(21)6-8-15)30(28,29)16-9-10-17-18(11-16)24(4)20(27)23(17)3/h5-11,13H,12H2,1-4H3,(H,22,26). The van der Waals surface area contributed by atoms with E-state index < -0.39 is 22.5 Å². The van der Waals surface area contributed by atoms with Crippen LogP contribution in [0.5, 0.6) is 0 Å². The maximum Gasteiger partial charge on any atom is 0.328 e. The molecule has 0 radical (unpaired) electrons. The minimum Gasteiger partial charge on any atom is -0.352 e. The topological polar surface area (TPSA) is 93.4 Å². The van der Waals surface area contributed by atoms with Crippen molar-refractivity contribution in [2.75, 3.05) is 10.8 Å². The van der Waals surface area contributed by atoms with Crippen LogP contribution in [-0.2, 0) is 28.9 Å². The van der Waals surface area contributed by atoms with Gasteiger partial charge in [-0.2, -0.15) is 0 Å². The average molecular weight is 451 g/mol. The summed E-state index contributed by atoms with van der Waals surface area (Å²) in [5, 5.41) is 3.16. The quantitative estimate of drug-likeness (QED) is 0.623. The molecule has 0 aliphatic heterocycles. The summed E-state index contributed by atoms with van der Waals surface area (Å²) in [7, 11) is -0.907. The second-order valence-electron chi connectivity index (χ2n) is 7.26. The first-order valence-corrected chi connectivity index (χ1v) is 11.1. The van der Waals surface area contributed by atoms with E-state index in [4.69, 9.17) is 11.6 Å². The van der Waals surface area contributed by atoms with E-state index in [1.807, 2.05) is 0 Å². The van der Waals surface area contributed by atoms with Gasteiger partial charge in [0.2, 0.25) is 5.91 Å². The van der Waals surface area contributed by atoms with Gasteiger partial charge in [-0.1, -0.05) is 11.6 Å². The van der Waals surface area contributed by atoms with Gasteiger partial charge >= 0.3 is 5.69 Å². The zero-order valence-corrected chi connectivity index (χ0v) is 18.7. The molecule has 160 valence electrons. The van der Waals surface area contributed by atoms with Gasteiger partial charge in [0.25, 0.3) is 10.0 Å². The molecule has 1 aromatic heterocycles. The van der Waals surface area contributed by atoms with Crippen LogP contribution < -0.4 is 15.3 Å². The predicted molar refractivity (Wildman–Crippen MR) is 117 cm³/mol. The normalized spacial score (nSPS) is 11.8. The lowest BCUT2D eigenvalue weighted by Gasteiger charge is -2.24. The highest BCUT2D eigenvalue weighted by Crippen LogP contribution is 2.27. The van der Waals surface area contributed by atoms with Gasteiger partial charge in [-0.15, -0.1) is 0 Å². The number of aromatic nitrogens is 2. The second kappa shape index (κ2) is 8.16. The molecule has 30 heavy (non-hydrogen) atoms. The van der Waals surface area contributed by atoms with E-state index in [1.54, 1.807) is 58.3 Å². The van der Waals surface area contributed by atoms with Gasteiger partial charge in [0.15, 0.2) is 0 Å². The van der Waals surface area contributed by atoms with Crippen LogP contribution in [0.3, 0.4) is 0 Å². The van der Waals surface area contributed by atoms with Crippen molar-refractivity contribution in [3.05, 3.63) is 58.0 Å². The van der Waals surface area contributed by atoms with Gasteiger partial charge in [-0.3, -0.25) is 18.2 Å². The number of carbonyl (C=O) groups is 1. The summed E-state index contributed by atoms with van der Waals surface area (Å²) in [6, 6.07) is 10.5. The van der Waals surface area contributed by atoms with Crippen molar-refractivity contribution in [2.45, 2.75) is 24.8 Å². The van der Waals surface area contributed by atoms with Gasteiger partial charge < -0.3 is 5.32 Å². The smallest absolute Gasteiger partial charge is 0.328 e. The molecular formula is C20H23ClN4O4S. The minimum atomic E-state index is -4.10. The van der Waals surface area contributed by atoms with Crippen molar-refractivity contribution >= 4 is 44.3 Å². The average Bonchev–Trinajstić information content (AvgIpc) is 2.90. The Morgan fingerprint density at radius 2 is 1.67 bits per heavy atom. The third-order valence-corrected chi connectivity index (χ3v) is 6.70. The van der Waals surface area contributed by atoms with Crippen LogP contribution in [0.2, 0.25) is 5.02 Å². The highest BCUT2D eigenvalue weighted by molar-refractivity contribution is 7.92. The first-order valence-electron chi connectivity index (χ1n) is 9.25. The highest BCUT2D eigenvalue weighted by Gasteiger charge is 2.28. The number of rotatable bonds is 6. The zero-order valence-electron chi connectivity index (χ0n) is 17.1. The number of halogens is 1. The Balaban J connectivity index is 2.12. The van der Waals surface area contributed by atoms with Crippen molar-refractivity contribution in [2.24, 2.45) is 14.1 Å². The van der Waals surface area contributed by atoms with Crippen molar-refractivity contribution in [1.29, 1.82) is 0 Å². The SMILES string of the molecule is CC(C)NC(=O)CN(c1ccc(Cl)cc1)S(=O)(=O)c1ccc2c(c1)n(C)c(=O)n2C. The Labute approximate surface area is 179 Å². The number of aryl methyl sites for hydroxylation is 2.